The molecule has 1 aromatic carbocycles. The molecule has 2 aromatic rings. The molecule has 0 saturated carbocycles. The lowest BCUT2D eigenvalue weighted by atomic mass is 9.95. The number of carbonyl (C=O) groups excluding carboxylic acids is 1. The highest BCUT2D eigenvalue weighted by Crippen LogP contribution is 2.31. The SMILES string of the molecule is COCCNc1nc(-c2ccc(NC(=O)C(C)(C)C)cc2)c(C)s1. The number of ether oxygens (including phenoxy) is 1. The van der Waals surface area contributed by atoms with Gasteiger partial charge in [0.25, 0.3) is 0 Å². The summed E-state index contributed by atoms with van der Waals surface area (Å²) in [5.41, 5.74) is 2.39. The lowest BCUT2D eigenvalue weighted by Gasteiger charge is -2.17. The number of aromatic nitrogens is 1. The summed E-state index contributed by atoms with van der Waals surface area (Å²) < 4.78 is 5.03. The summed E-state index contributed by atoms with van der Waals surface area (Å²) in [7, 11) is 1.68. The topological polar surface area (TPSA) is 63.2 Å². The molecular formula is C18H25N3O2S. The number of carbonyl (C=O) groups is 1. The van der Waals surface area contributed by atoms with Crippen molar-refractivity contribution < 1.29 is 9.53 Å². The molecule has 0 atom stereocenters. The summed E-state index contributed by atoms with van der Waals surface area (Å²) in [6.07, 6.45) is 0. The summed E-state index contributed by atoms with van der Waals surface area (Å²) >= 11 is 1.63. The standard InChI is InChI=1S/C18H25N3O2S/c1-12-15(21-17(24-12)19-10-11-23-5)13-6-8-14(9-7-13)20-16(22)18(2,3)4/h6-9H,10-11H2,1-5H3,(H,19,21)(H,20,22). The zero-order valence-electron chi connectivity index (χ0n) is 14.9. The number of nitrogens with one attached hydrogen (secondary N) is 2. The number of methoxy groups -OCH3 is 1. The number of hydrogen-bond acceptors (Lipinski definition) is 5. The number of rotatable bonds is 6. The molecule has 5 nitrogen and oxygen atoms in total. The number of benzene rings is 1. The maximum Gasteiger partial charge on any atom is 0.229 e. The quantitative estimate of drug-likeness (QED) is 0.770. The minimum absolute atomic E-state index is 0.00437. The fraction of sp³-hybridized carbons (Fsp3) is 0.444. The van der Waals surface area contributed by atoms with E-state index in [-0.39, 0.29) is 5.91 Å². The third-order valence-corrected chi connectivity index (χ3v) is 4.40. The zero-order valence-corrected chi connectivity index (χ0v) is 15.7. The van der Waals surface area contributed by atoms with Crippen molar-refractivity contribution in [3.63, 3.8) is 0 Å². The zero-order chi connectivity index (χ0) is 17.7. The van der Waals surface area contributed by atoms with Gasteiger partial charge >= 0.3 is 0 Å². The normalized spacial score (nSPS) is 11.4. The van der Waals surface area contributed by atoms with Crippen LogP contribution in [0.1, 0.15) is 25.6 Å². The molecule has 130 valence electrons. The van der Waals surface area contributed by atoms with Crippen LogP contribution in [-0.4, -0.2) is 31.2 Å². The van der Waals surface area contributed by atoms with E-state index in [2.05, 4.69) is 22.5 Å². The van der Waals surface area contributed by atoms with E-state index in [9.17, 15) is 4.79 Å². The molecule has 0 aliphatic rings. The summed E-state index contributed by atoms with van der Waals surface area (Å²) in [5, 5.41) is 7.08. The monoisotopic (exact) mass is 347 g/mol. The van der Waals surface area contributed by atoms with Crippen LogP contribution < -0.4 is 10.6 Å². The van der Waals surface area contributed by atoms with Gasteiger partial charge in [-0.2, -0.15) is 0 Å². The summed E-state index contributed by atoms with van der Waals surface area (Å²) in [4.78, 5) is 17.8. The molecule has 0 fully saturated rings. The number of amides is 1. The molecule has 0 radical (unpaired) electrons. The Morgan fingerprint density at radius 3 is 2.50 bits per heavy atom. The van der Waals surface area contributed by atoms with Gasteiger partial charge in [0, 0.05) is 35.2 Å². The van der Waals surface area contributed by atoms with E-state index in [0.717, 1.165) is 33.5 Å². The fourth-order valence-electron chi connectivity index (χ4n) is 2.03. The van der Waals surface area contributed by atoms with E-state index in [1.54, 1.807) is 18.4 Å². The molecule has 0 aliphatic carbocycles. The van der Waals surface area contributed by atoms with E-state index >= 15 is 0 Å². The van der Waals surface area contributed by atoms with Gasteiger partial charge in [-0.1, -0.05) is 32.9 Å². The van der Waals surface area contributed by atoms with Crippen LogP contribution in [0, 0.1) is 12.3 Å². The predicted octanol–water partition coefficient (Wildman–Crippen LogP) is 4.16. The predicted molar refractivity (Wildman–Crippen MR) is 101 cm³/mol. The van der Waals surface area contributed by atoms with Crippen LogP contribution in [0.25, 0.3) is 11.3 Å². The van der Waals surface area contributed by atoms with Gasteiger partial charge in [0.15, 0.2) is 5.13 Å². The molecule has 0 saturated heterocycles. The van der Waals surface area contributed by atoms with Crippen molar-refractivity contribution in [3.8, 4) is 11.3 Å². The molecule has 2 rings (SSSR count). The van der Waals surface area contributed by atoms with Gasteiger partial charge < -0.3 is 15.4 Å². The van der Waals surface area contributed by atoms with Gasteiger partial charge in [-0.25, -0.2) is 4.98 Å². The minimum atomic E-state index is -0.410. The van der Waals surface area contributed by atoms with Crippen LogP contribution in [0.3, 0.4) is 0 Å². The van der Waals surface area contributed by atoms with Crippen molar-refractivity contribution in [2.24, 2.45) is 5.41 Å². The Balaban J connectivity index is 2.09. The summed E-state index contributed by atoms with van der Waals surface area (Å²) in [6.45, 7) is 9.13. The number of thiazole rings is 1. The Bertz CT molecular complexity index is 687. The number of hydrogen-bond donors (Lipinski definition) is 2. The molecule has 24 heavy (non-hydrogen) atoms. The lowest BCUT2D eigenvalue weighted by molar-refractivity contribution is -0.123. The molecule has 0 spiro atoms. The van der Waals surface area contributed by atoms with Crippen LogP contribution >= 0.6 is 11.3 Å². The van der Waals surface area contributed by atoms with Gasteiger partial charge in [-0.05, 0) is 19.1 Å². The second-order valence-corrected chi connectivity index (χ2v) is 7.83. The molecule has 0 bridgehead atoms. The molecular weight excluding hydrogens is 322 g/mol. The Morgan fingerprint density at radius 2 is 1.92 bits per heavy atom. The smallest absolute Gasteiger partial charge is 0.229 e. The minimum Gasteiger partial charge on any atom is -0.383 e. The van der Waals surface area contributed by atoms with E-state index in [0.29, 0.717) is 6.61 Å². The molecule has 1 aromatic heterocycles. The number of anilines is 2. The second-order valence-electron chi connectivity index (χ2n) is 6.62. The number of nitrogens with zero attached hydrogens (tertiary/aromatic N) is 1. The highest BCUT2D eigenvalue weighted by molar-refractivity contribution is 7.16. The average molecular weight is 347 g/mol. The summed E-state index contributed by atoms with van der Waals surface area (Å²) in [6, 6.07) is 7.80. The van der Waals surface area contributed by atoms with Gasteiger partial charge in [0.2, 0.25) is 5.91 Å². The van der Waals surface area contributed by atoms with Gasteiger partial charge in [-0.3, -0.25) is 4.79 Å². The Morgan fingerprint density at radius 1 is 1.25 bits per heavy atom. The van der Waals surface area contributed by atoms with Gasteiger partial charge in [-0.15, -0.1) is 11.3 Å². The van der Waals surface area contributed by atoms with E-state index in [1.165, 1.54) is 0 Å². The van der Waals surface area contributed by atoms with Crippen molar-refractivity contribution in [2.75, 3.05) is 30.9 Å². The van der Waals surface area contributed by atoms with E-state index < -0.39 is 5.41 Å². The molecule has 0 aliphatic heterocycles. The first-order chi connectivity index (χ1) is 11.3. The largest absolute Gasteiger partial charge is 0.383 e. The molecule has 0 unspecified atom stereocenters. The van der Waals surface area contributed by atoms with Gasteiger partial charge in [0.05, 0.1) is 12.3 Å². The molecule has 6 heteroatoms. The Hall–Kier alpha value is -1.92. The van der Waals surface area contributed by atoms with Gasteiger partial charge in [0.1, 0.15) is 0 Å². The number of aryl methyl sites for hydroxylation is 1. The van der Waals surface area contributed by atoms with Crippen LogP contribution in [0.15, 0.2) is 24.3 Å². The van der Waals surface area contributed by atoms with Crippen LogP contribution in [0.4, 0.5) is 10.8 Å². The third-order valence-electron chi connectivity index (χ3n) is 3.48. The maximum absolute atomic E-state index is 12.0. The van der Waals surface area contributed by atoms with Crippen molar-refractivity contribution in [3.05, 3.63) is 29.1 Å². The molecule has 1 amide bonds. The van der Waals surface area contributed by atoms with E-state index in [4.69, 9.17) is 4.74 Å². The van der Waals surface area contributed by atoms with Crippen LogP contribution in [0.2, 0.25) is 0 Å². The van der Waals surface area contributed by atoms with Crippen molar-refractivity contribution in [1.29, 1.82) is 0 Å². The van der Waals surface area contributed by atoms with E-state index in [1.807, 2.05) is 45.0 Å². The maximum atomic E-state index is 12.0. The first-order valence-electron chi connectivity index (χ1n) is 7.93. The average Bonchev–Trinajstić information content (AvgIpc) is 2.88. The summed E-state index contributed by atoms with van der Waals surface area (Å²) in [5.74, 6) is 0.00437. The van der Waals surface area contributed by atoms with Crippen molar-refractivity contribution in [1.82, 2.24) is 4.98 Å². The van der Waals surface area contributed by atoms with Crippen molar-refractivity contribution in [2.45, 2.75) is 27.7 Å². The fourth-order valence-corrected chi connectivity index (χ4v) is 2.89. The first kappa shape index (κ1) is 18.4. The highest BCUT2D eigenvalue weighted by atomic mass is 32.1. The molecule has 1 heterocycles. The highest BCUT2D eigenvalue weighted by Gasteiger charge is 2.21. The van der Waals surface area contributed by atoms with Crippen molar-refractivity contribution >= 4 is 28.1 Å². The lowest BCUT2D eigenvalue weighted by Crippen LogP contribution is -2.27. The second kappa shape index (κ2) is 7.77. The van der Waals surface area contributed by atoms with Crippen LogP contribution in [-0.2, 0) is 9.53 Å². The van der Waals surface area contributed by atoms with Crippen LogP contribution in [0.5, 0.6) is 0 Å². The molecule has 2 N–H and O–H groups in total. The Labute approximate surface area is 147 Å². The Kier molecular flexibility index (Phi) is 5.96. The third kappa shape index (κ3) is 4.79. The first-order valence-corrected chi connectivity index (χ1v) is 8.75.